The summed E-state index contributed by atoms with van der Waals surface area (Å²) in [4.78, 5) is 16.8. The number of aliphatic hydroxyl groups is 1. The summed E-state index contributed by atoms with van der Waals surface area (Å²) in [7, 11) is 0. The molecule has 0 bridgehead atoms. The van der Waals surface area contributed by atoms with E-state index in [1.165, 1.54) is 19.3 Å². The molecule has 6 nitrogen and oxygen atoms in total. The maximum atomic E-state index is 12.1. The number of hydrogen-bond donors (Lipinski definition) is 4. The number of guanidine groups is 1. The Morgan fingerprint density at radius 3 is 2.44 bits per heavy atom. The molecule has 6 heteroatoms. The number of hydrogen-bond acceptors (Lipinski definition) is 3. The van der Waals surface area contributed by atoms with Crippen LogP contribution in [0.3, 0.4) is 0 Å². The van der Waals surface area contributed by atoms with Crippen LogP contribution in [0.2, 0.25) is 0 Å². The lowest BCUT2D eigenvalue weighted by molar-refractivity contribution is 0.0954. The van der Waals surface area contributed by atoms with Gasteiger partial charge in [0.2, 0.25) is 0 Å². The van der Waals surface area contributed by atoms with E-state index in [9.17, 15) is 9.90 Å². The van der Waals surface area contributed by atoms with Crippen molar-refractivity contribution in [3.63, 3.8) is 0 Å². The first-order valence-electron chi connectivity index (χ1n) is 10.2. The van der Waals surface area contributed by atoms with Crippen molar-refractivity contribution in [2.24, 2.45) is 10.4 Å². The Hall–Kier alpha value is -2.08. The number of amides is 1. The lowest BCUT2D eigenvalue weighted by atomic mass is 9.72. The Bertz CT molecular complexity index is 578. The van der Waals surface area contributed by atoms with Crippen molar-refractivity contribution in [1.82, 2.24) is 16.0 Å². The minimum Gasteiger partial charge on any atom is -0.396 e. The van der Waals surface area contributed by atoms with Gasteiger partial charge in [-0.2, -0.15) is 0 Å². The average molecular weight is 375 g/mol. The van der Waals surface area contributed by atoms with E-state index in [4.69, 9.17) is 4.99 Å². The predicted octanol–water partition coefficient (Wildman–Crippen LogP) is 2.30. The minimum absolute atomic E-state index is 0.0663. The van der Waals surface area contributed by atoms with E-state index in [1.807, 2.05) is 25.1 Å². The predicted molar refractivity (Wildman–Crippen MR) is 110 cm³/mol. The number of rotatable bonds is 9. The van der Waals surface area contributed by atoms with Gasteiger partial charge < -0.3 is 21.1 Å². The SMILES string of the molecule is CCNC(=NCC1(CCO)CCCCC1)NCCNC(=O)c1ccccc1. The van der Waals surface area contributed by atoms with Crippen molar-refractivity contribution >= 4 is 11.9 Å². The van der Waals surface area contributed by atoms with Crippen LogP contribution in [-0.4, -0.2) is 49.8 Å². The van der Waals surface area contributed by atoms with Crippen molar-refractivity contribution in [2.45, 2.75) is 45.4 Å². The minimum atomic E-state index is -0.0663. The molecule has 0 saturated heterocycles. The lowest BCUT2D eigenvalue weighted by Crippen LogP contribution is -2.42. The number of nitrogens with one attached hydrogen (secondary N) is 3. The van der Waals surface area contributed by atoms with Gasteiger partial charge in [-0.1, -0.05) is 37.5 Å². The monoisotopic (exact) mass is 374 g/mol. The normalized spacial score (nSPS) is 16.6. The fourth-order valence-electron chi connectivity index (χ4n) is 3.66. The fraction of sp³-hybridized carbons (Fsp3) is 0.619. The second kappa shape index (κ2) is 11.6. The lowest BCUT2D eigenvalue weighted by Gasteiger charge is -2.35. The largest absolute Gasteiger partial charge is 0.396 e. The third kappa shape index (κ3) is 7.21. The summed E-state index contributed by atoms with van der Waals surface area (Å²) in [6.45, 7) is 4.93. The molecule has 1 aromatic carbocycles. The highest BCUT2D eigenvalue weighted by Crippen LogP contribution is 2.39. The standard InChI is InChI=1S/C21H34N4O2/c1-2-22-20(25-17-21(13-16-26)11-7-4-8-12-21)24-15-14-23-19(27)18-9-5-3-6-10-18/h3,5-6,9-10,26H,2,4,7-8,11-17H2,1H3,(H,23,27)(H2,22,24,25). The number of carbonyl (C=O) groups excluding carboxylic acids is 1. The summed E-state index contributed by atoms with van der Waals surface area (Å²) in [6.07, 6.45) is 6.85. The maximum absolute atomic E-state index is 12.1. The molecule has 1 aromatic rings. The molecule has 0 unspecified atom stereocenters. The van der Waals surface area contributed by atoms with Crippen LogP contribution >= 0.6 is 0 Å². The van der Waals surface area contributed by atoms with Gasteiger partial charge in [-0.15, -0.1) is 0 Å². The van der Waals surface area contributed by atoms with Gasteiger partial charge in [0.1, 0.15) is 0 Å². The first-order chi connectivity index (χ1) is 13.2. The van der Waals surface area contributed by atoms with Crippen molar-refractivity contribution in [1.29, 1.82) is 0 Å². The van der Waals surface area contributed by atoms with Crippen LogP contribution in [-0.2, 0) is 0 Å². The molecular weight excluding hydrogens is 340 g/mol. The molecule has 1 aliphatic carbocycles. The second-order valence-electron chi connectivity index (χ2n) is 7.28. The molecule has 0 heterocycles. The molecule has 1 aliphatic rings. The maximum Gasteiger partial charge on any atom is 0.251 e. The highest BCUT2D eigenvalue weighted by Gasteiger charge is 2.31. The third-order valence-corrected chi connectivity index (χ3v) is 5.21. The van der Waals surface area contributed by atoms with E-state index in [-0.39, 0.29) is 17.9 Å². The van der Waals surface area contributed by atoms with Crippen LogP contribution in [0.5, 0.6) is 0 Å². The summed E-state index contributed by atoms with van der Waals surface area (Å²) < 4.78 is 0. The molecule has 27 heavy (non-hydrogen) atoms. The zero-order chi connectivity index (χ0) is 19.4. The van der Waals surface area contributed by atoms with Gasteiger partial charge in [-0.05, 0) is 43.7 Å². The molecule has 0 aliphatic heterocycles. The van der Waals surface area contributed by atoms with Crippen LogP contribution in [0, 0.1) is 5.41 Å². The first-order valence-corrected chi connectivity index (χ1v) is 10.2. The molecule has 150 valence electrons. The Morgan fingerprint density at radius 1 is 1.07 bits per heavy atom. The second-order valence-corrected chi connectivity index (χ2v) is 7.28. The molecule has 4 N–H and O–H groups in total. The van der Waals surface area contributed by atoms with Crippen LogP contribution in [0.4, 0.5) is 0 Å². The summed E-state index contributed by atoms with van der Waals surface area (Å²) >= 11 is 0. The summed E-state index contributed by atoms with van der Waals surface area (Å²) in [5.74, 6) is 0.706. The van der Waals surface area contributed by atoms with E-state index in [0.717, 1.165) is 38.3 Å². The van der Waals surface area contributed by atoms with Crippen molar-refractivity contribution in [3.05, 3.63) is 35.9 Å². The van der Waals surface area contributed by atoms with E-state index in [1.54, 1.807) is 12.1 Å². The van der Waals surface area contributed by atoms with E-state index >= 15 is 0 Å². The van der Waals surface area contributed by atoms with Gasteiger partial charge in [-0.25, -0.2) is 0 Å². The Balaban J connectivity index is 1.81. The van der Waals surface area contributed by atoms with Crippen molar-refractivity contribution < 1.29 is 9.90 Å². The third-order valence-electron chi connectivity index (χ3n) is 5.21. The fourth-order valence-corrected chi connectivity index (χ4v) is 3.66. The van der Waals surface area contributed by atoms with Crippen LogP contribution in [0.25, 0.3) is 0 Å². The zero-order valence-corrected chi connectivity index (χ0v) is 16.5. The average Bonchev–Trinajstić information content (AvgIpc) is 2.71. The molecule has 0 spiro atoms. The van der Waals surface area contributed by atoms with Gasteiger partial charge in [0.25, 0.3) is 5.91 Å². The number of aliphatic imine (C=N–C) groups is 1. The van der Waals surface area contributed by atoms with E-state index in [2.05, 4.69) is 16.0 Å². The Morgan fingerprint density at radius 2 is 1.78 bits per heavy atom. The van der Waals surface area contributed by atoms with E-state index in [0.29, 0.717) is 18.7 Å². The van der Waals surface area contributed by atoms with Gasteiger partial charge in [0.15, 0.2) is 5.96 Å². The quantitative estimate of drug-likeness (QED) is 0.304. The van der Waals surface area contributed by atoms with Gasteiger partial charge >= 0.3 is 0 Å². The van der Waals surface area contributed by atoms with Crippen molar-refractivity contribution in [2.75, 3.05) is 32.8 Å². The Kier molecular flexibility index (Phi) is 9.11. The summed E-state index contributed by atoms with van der Waals surface area (Å²) in [5, 5.41) is 18.9. The molecule has 0 aromatic heterocycles. The number of benzene rings is 1. The molecule has 0 radical (unpaired) electrons. The smallest absolute Gasteiger partial charge is 0.251 e. The molecular formula is C21H34N4O2. The van der Waals surface area contributed by atoms with Crippen LogP contribution in [0.15, 0.2) is 35.3 Å². The number of nitrogens with zero attached hydrogens (tertiary/aromatic N) is 1. The number of carbonyl (C=O) groups is 1. The molecule has 1 amide bonds. The van der Waals surface area contributed by atoms with Crippen LogP contribution < -0.4 is 16.0 Å². The van der Waals surface area contributed by atoms with Gasteiger partial charge in [0.05, 0.1) is 0 Å². The van der Waals surface area contributed by atoms with E-state index < -0.39 is 0 Å². The molecule has 2 rings (SSSR count). The van der Waals surface area contributed by atoms with Crippen molar-refractivity contribution in [3.8, 4) is 0 Å². The highest BCUT2D eigenvalue weighted by atomic mass is 16.3. The van der Waals surface area contributed by atoms with Gasteiger partial charge in [-0.3, -0.25) is 9.79 Å². The topological polar surface area (TPSA) is 85.8 Å². The zero-order valence-electron chi connectivity index (χ0n) is 16.5. The first kappa shape index (κ1) is 21.2. The summed E-state index contributed by atoms with van der Waals surface area (Å²) in [6, 6.07) is 9.22. The summed E-state index contributed by atoms with van der Waals surface area (Å²) in [5.41, 5.74) is 0.804. The van der Waals surface area contributed by atoms with Gasteiger partial charge in [0, 0.05) is 38.3 Å². The molecule has 1 fully saturated rings. The molecule has 1 saturated carbocycles. The number of aliphatic hydroxyl groups excluding tert-OH is 1. The highest BCUT2D eigenvalue weighted by molar-refractivity contribution is 5.94. The molecule has 0 atom stereocenters. The van der Waals surface area contributed by atoms with Crippen LogP contribution in [0.1, 0.15) is 55.8 Å². The Labute approximate surface area is 162 Å².